The summed E-state index contributed by atoms with van der Waals surface area (Å²) < 4.78 is 9.75. The Morgan fingerprint density at radius 3 is 1.33 bits per heavy atom. The molecule has 0 aliphatic heterocycles. The molecule has 4 aliphatic carbocycles. The van der Waals surface area contributed by atoms with Gasteiger partial charge in [-0.3, -0.25) is 0 Å². The number of benzene rings is 8. The summed E-state index contributed by atoms with van der Waals surface area (Å²) in [7, 11) is 0. The Hall–Kier alpha value is -8.21. The summed E-state index contributed by atoms with van der Waals surface area (Å²) in [6.07, 6.45) is 7.05. The predicted octanol–water partition coefficient (Wildman–Crippen LogP) is 16.3. The Balaban J connectivity index is 0.983. The highest BCUT2D eigenvalue weighted by molar-refractivity contribution is 7.27. The van der Waals surface area contributed by atoms with Crippen LogP contribution in [0.5, 0.6) is 0 Å². The van der Waals surface area contributed by atoms with E-state index in [0.717, 1.165) is 69.7 Å². The van der Waals surface area contributed by atoms with Gasteiger partial charge in [-0.25, -0.2) is 15.0 Å². The number of nitrogens with zero attached hydrogens (tertiary/aromatic N) is 7. The molecule has 4 bridgehead atoms. The molecule has 4 saturated carbocycles. The quantitative estimate of drug-likeness (QED) is 0.171. The summed E-state index contributed by atoms with van der Waals surface area (Å²) in [4.78, 5) is 17.0. The van der Waals surface area contributed by atoms with Gasteiger partial charge in [-0.15, -0.1) is 22.7 Å². The highest BCUT2D eigenvalue weighted by Gasteiger charge is 2.53. The molecule has 0 N–H and O–H groups in total. The highest BCUT2D eigenvalue weighted by atomic mass is 32.1. The van der Waals surface area contributed by atoms with E-state index in [2.05, 4.69) is 155 Å². The topological polar surface area (TPSA) is 96.1 Å². The molecule has 7 nitrogen and oxygen atoms in total. The first kappa shape index (κ1) is 40.5. The first-order chi connectivity index (χ1) is 35.5. The van der Waals surface area contributed by atoms with Crippen LogP contribution in [-0.2, 0) is 5.41 Å². The fourth-order valence-corrected chi connectivity index (χ4v) is 16.7. The molecule has 0 amide bonds. The molecule has 17 rings (SSSR count). The van der Waals surface area contributed by atoms with Crippen molar-refractivity contribution in [3.8, 4) is 46.3 Å². The lowest BCUT2D eigenvalue weighted by Crippen LogP contribution is -2.49. The normalized spacial score (nSPS) is 19.5. The SMILES string of the molecule is N#Cc1ccc(-n2c3ccccc3c3c4sc5ccccc5c4ccc32)c(-c2nc(-c3cc(C#N)ccc3-n3c4ccccc4c4c5sc6ccccc6c5ccc43)nc(C34CC5CC(CC(C5)C3)C4)n2)c1. The van der Waals surface area contributed by atoms with E-state index >= 15 is 0 Å². The van der Waals surface area contributed by atoms with E-state index in [-0.39, 0.29) is 5.41 Å². The molecule has 5 aromatic heterocycles. The number of thiophene rings is 2. The van der Waals surface area contributed by atoms with E-state index in [1.807, 2.05) is 46.9 Å². The van der Waals surface area contributed by atoms with Gasteiger partial charge < -0.3 is 9.13 Å². The molecule has 340 valence electrons. The second-order valence-electron chi connectivity index (χ2n) is 20.8. The van der Waals surface area contributed by atoms with Gasteiger partial charge in [0.2, 0.25) is 0 Å². The molecular weight excluding hydrogens is 919 g/mol. The second-order valence-corrected chi connectivity index (χ2v) is 22.9. The summed E-state index contributed by atoms with van der Waals surface area (Å²) >= 11 is 3.68. The van der Waals surface area contributed by atoms with Gasteiger partial charge in [-0.05, 0) is 129 Å². The molecule has 0 spiro atoms. The number of fused-ring (bicyclic) bond motifs is 14. The number of para-hydroxylation sites is 2. The molecule has 9 heteroatoms. The van der Waals surface area contributed by atoms with Crippen molar-refractivity contribution in [1.82, 2.24) is 24.1 Å². The lowest BCUT2D eigenvalue weighted by atomic mass is 9.49. The van der Waals surface area contributed by atoms with Crippen molar-refractivity contribution >= 4 is 107 Å². The third-order valence-electron chi connectivity index (χ3n) is 16.7. The minimum Gasteiger partial charge on any atom is -0.308 e. The number of hydrogen-bond acceptors (Lipinski definition) is 7. The van der Waals surface area contributed by atoms with Gasteiger partial charge in [0, 0.05) is 78.4 Å². The van der Waals surface area contributed by atoms with Crippen LogP contribution < -0.4 is 0 Å². The summed E-state index contributed by atoms with van der Waals surface area (Å²) in [6, 6.07) is 60.7. The molecule has 72 heavy (non-hydrogen) atoms. The van der Waals surface area contributed by atoms with Crippen LogP contribution in [0.25, 0.3) is 118 Å². The fourth-order valence-electron chi connectivity index (χ4n) is 14.2. The number of aromatic nitrogens is 5. The molecule has 0 saturated heterocycles. The van der Waals surface area contributed by atoms with Crippen LogP contribution in [0.15, 0.2) is 158 Å². The van der Waals surface area contributed by atoms with Crippen molar-refractivity contribution in [2.75, 3.05) is 0 Å². The van der Waals surface area contributed by atoms with Crippen molar-refractivity contribution in [1.29, 1.82) is 10.5 Å². The van der Waals surface area contributed by atoms with Gasteiger partial charge in [0.05, 0.1) is 56.7 Å². The molecule has 0 atom stereocenters. The number of nitriles is 2. The molecular formula is C63H41N7S2. The summed E-state index contributed by atoms with van der Waals surface area (Å²) in [6.45, 7) is 0. The Labute approximate surface area is 421 Å². The maximum atomic E-state index is 10.6. The maximum absolute atomic E-state index is 10.6. The van der Waals surface area contributed by atoms with E-state index in [9.17, 15) is 10.5 Å². The monoisotopic (exact) mass is 959 g/mol. The van der Waals surface area contributed by atoms with E-state index in [0.29, 0.717) is 40.5 Å². The highest BCUT2D eigenvalue weighted by Crippen LogP contribution is 2.60. The van der Waals surface area contributed by atoms with Crippen molar-refractivity contribution in [2.24, 2.45) is 17.8 Å². The van der Waals surface area contributed by atoms with Crippen molar-refractivity contribution < 1.29 is 0 Å². The van der Waals surface area contributed by atoms with Gasteiger partial charge in [-0.2, -0.15) is 10.5 Å². The van der Waals surface area contributed by atoms with E-state index < -0.39 is 0 Å². The van der Waals surface area contributed by atoms with Gasteiger partial charge >= 0.3 is 0 Å². The zero-order valence-corrected chi connectivity index (χ0v) is 40.6. The molecule has 13 aromatic rings. The largest absolute Gasteiger partial charge is 0.308 e. The zero-order chi connectivity index (χ0) is 47.4. The third-order valence-corrected chi connectivity index (χ3v) is 19.1. The third kappa shape index (κ3) is 5.66. The van der Waals surface area contributed by atoms with E-state index in [1.165, 1.54) is 81.2 Å². The minimum atomic E-state index is -0.194. The van der Waals surface area contributed by atoms with Crippen LogP contribution >= 0.6 is 22.7 Å². The van der Waals surface area contributed by atoms with E-state index in [4.69, 9.17) is 15.0 Å². The minimum absolute atomic E-state index is 0.194. The first-order valence-corrected chi connectivity index (χ1v) is 26.7. The van der Waals surface area contributed by atoms with Gasteiger partial charge in [-0.1, -0.05) is 84.9 Å². The summed E-state index contributed by atoms with van der Waals surface area (Å²) in [5.41, 5.74) is 8.51. The van der Waals surface area contributed by atoms with Crippen molar-refractivity contribution in [2.45, 2.75) is 43.9 Å². The molecule has 0 unspecified atom stereocenters. The number of rotatable bonds is 5. The zero-order valence-electron chi connectivity index (χ0n) is 38.9. The van der Waals surface area contributed by atoms with Gasteiger partial charge in [0.15, 0.2) is 11.6 Å². The van der Waals surface area contributed by atoms with Crippen LogP contribution in [-0.4, -0.2) is 24.1 Å². The average molecular weight is 960 g/mol. The van der Waals surface area contributed by atoms with E-state index in [1.54, 1.807) is 0 Å². The van der Waals surface area contributed by atoms with Crippen molar-refractivity contribution in [3.05, 3.63) is 175 Å². The summed E-state index contributed by atoms with van der Waals surface area (Å²) in [5, 5.41) is 31.1. The Kier molecular flexibility index (Phi) is 8.39. The van der Waals surface area contributed by atoms with Gasteiger partial charge in [0.25, 0.3) is 0 Å². The maximum Gasteiger partial charge on any atom is 0.165 e. The van der Waals surface area contributed by atoms with Crippen LogP contribution in [0.1, 0.15) is 55.5 Å². The lowest BCUT2D eigenvalue weighted by Gasteiger charge is -2.56. The van der Waals surface area contributed by atoms with Crippen LogP contribution in [0.3, 0.4) is 0 Å². The Morgan fingerprint density at radius 1 is 0.444 bits per heavy atom. The first-order valence-electron chi connectivity index (χ1n) is 25.0. The van der Waals surface area contributed by atoms with Gasteiger partial charge in [0.1, 0.15) is 5.82 Å². The fraction of sp³-hybridized carbons (Fsp3) is 0.159. The smallest absolute Gasteiger partial charge is 0.165 e. The standard InChI is InChI=1S/C63H41N7S2/c64-33-35-17-21-50(69-48-13-5-1-11-44(48)56-52(69)23-19-42-40-9-3-7-15-54(40)71-58(42)56)46(28-35)60-66-61(68-62(67-60)63-30-37-25-38(31-63)27-39(26-37)32-63)47-29-36(34-65)18-22-51(47)70-49-14-6-2-12-45(49)57-53(70)24-20-43-41-10-4-8-16-55(41)72-59(43)57/h1-24,28-29,37-39H,25-27,30-32H2. The lowest BCUT2D eigenvalue weighted by molar-refractivity contribution is -0.00938. The molecule has 8 aromatic carbocycles. The second kappa shape index (κ2) is 14.9. The molecule has 5 heterocycles. The molecule has 0 radical (unpaired) electrons. The van der Waals surface area contributed by atoms with Crippen LogP contribution in [0.4, 0.5) is 0 Å². The Bertz CT molecular complexity index is 4310. The van der Waals surface area contributed by atoms with Crippen LogP contribution in [0.2, 0.25) is 0 Å². The molecule has 4 fully saturated rings. The van der Waals surface area contributed by atoms with Crippen LogP contribution in [0, 0.1) is 40.4 Å². The molecule has 4 aliphatic rings. The number of hydrogen-bond donors (Lipinski definition) is 0. The summed E-state index contributed by atoms with van der Waals surface area (Å²) in [5.74, 6) is 3.87. The average Bonchev–Trinajstić information content (AvgIpc) is 4.18. The predicted molar refractivity (Wildman–Crippen MR) is 294 cm³/mol. The van der Waals surface area contributed by atoms with Crippen molar-refractivity contribution in [3.63, 3.8) is 0 Å². The Morgan fingerprint density at radius 2 is 0.875 bits per heavy atom.